The molecule has 0 fully saturated rings. The van der Waals surface area contributed by atoms with Crippen LogP contribution in [0.4, 0.5) is 0 Å². The van der Waals surface area contributed by atoms with Crippen LogP contribution in [0.1, 0.15) is 36.7 Å². The highest BCUT2D eigenvalue weighted by atomic mass is 35.5. The Labute approximate surface area is 159 Å². The molecule has 0 saturated heterocycles. The molecule has 0 spiro atoms. The van der Waals surface area contributed by atoms with Gasteiger partial charge >= 0.3 is 0 Å². The summed E-state index contributed by atoms with van der Waals surface area (Å²) in [6.45, 7) is 8.78. The molecule has 0 aliphatic carbocycles. The fourth-order valence-electron chi connectivity index (χ4n) is 3.17. The van der Waals surface area contributed by atoms with Gasteiger partial charge in [0.25, 0.3) is 0 Å². The summed E-state index contributed by atoms with van der Waals surface area (Å²) in [6, 6.07) is 11.8. The van der Waals surface area contributed by atoms with E-state index < -0.39 is 6.10 Å². The van der Waals surface area contributed by atoms with E-state index in [1.807, 2.05) is 50.2 Å². The minimum Gasteiger partial charge on any atom is -0.491 e. The summed E-state index contributed by atoms with van der Waals surface area (Å²) in [5.41, 5.74) is 3.93. The van der Waals surface area contributed by atoms with Gasteiger partial charge < -0.3 is 14.4 Å². The Kier molecular flexibility index (Phi) is 5.54. The molecule has 1 aromatic heterocycles. The maximum atomic E-state index is 10.5. The summed E-state index contributed by atoms with van der Waals surface area (Å²) in [6.07, 6.45) is -0.638. The molecule has 0 aliphatic rings. The molecule has 2 aromatic carbocycles. The van der Waals surface area contributed by atoms with Gasteiger partial charge in [0.1, 0.15) is 24.3 Å². The van der Waals surface area contributed by atoms with Crippen LogP contribution in [0.5, 0.6) is 5.75 Å². The van der Waals surface area contributed by atoms with Crippen LogP contribution in [0.25, 0.3) is 11.0 Å². The van der Waals surface area contributed by atoms with Crippen LogP contribution in [0, 0.1) is 13.8 Å². The third-order valence-corrected chi connectivity index (χ3v) is 5.04. The van der Waals surface area contributed by atoms with Crippen LogP contribution in [0.3, 0.4) is 0 Å². The number of hydrogen-bond acceptors (Lipinski definition) is 3. The third-order valence-electron chi connectivity index (χ3n) is 4.45. The topological polar surface area (TPSA) is 47.3 Å². The zero-order valence-electron chi connectivity index (χ0n) is 15.7. The molecule has 1 heterocycles. The van der Waals surface area contributed by atoms with Crippen LogP contribution in [0.2, 0.25) is 5.02 Å². The molecule has 0 saturated carbocycles. The average Bonchev–Trinajstić information content (AvgIpc) is 2.96. The van der Waals surface area contributed by atoms with Crippen molar-refractivity contribution in [3.8, 4) is 5.75 Å². The van der Waals surface area contributed by atoms with Gasteiger partial charge in [0, 0.05) is 10.9 Å². The molecule has 3 rings (SSSR count). The predicted molar refractivity (Wildman–Crippen MR) is 106 cm³/mol. The number of halogens is 1. The zero-order valence-corrected chi connectivity index (χ0v) is 16.4. The Bertz CT molecular complexity index is 895. The van der Waals surface area contributed by atoms with Crippen molar-refractivity contribution in [1.82, 2.24) is 9.55 Å². The van der Waals surface area contributed by atoms with Gasteiger partial charge in [-0.25, -0.2) is 4.98 Å². The van der Waals surface area contributed by atoms with Crippen molar-refractivity contribution in [3.63, 3.8) is 0 Å². The van der Waals surface area contributed by atoms with Crippen LogP contribution in [0.15, 0.2) is 36.4 Å². The van der Waals surface area contributed by atoms with Crippen molar-refractivity contribution in [2.75, 3.05) is 6.61 Å². The maximum Gasteiger partial charge on any atom is 0.120 e. The summed E-state index contributed by atoms with van der Waals surface area (Å²) in [7, 11) is 0. The van der Waals surface area contributed by atoms with Crippen LogP contribution in [-0.2, 0) is 6.54 Å². The Morgan fingerprint density at radius 2 is 1.81 bits per heavy atom. The fourth-order valence-corrected chi connectivity index (χ4v) is 3.28. The molecule has 0 bridgehead atoms. The van der Waals surface area contributed by atoms with E-state index in [1.54, 1.807) is 0 Å². The first kappa shape index (κ1) is 18.7. The lowest BCUT2D eigenvalue weighted by molar-refractivity contribution is 0.0925. The fraction of sp³-hybridized carbons (Fsp3) is 0.381. The Morgan fingerprint density at radius 1 is 1.15 bits per heavy atom. The molecular weight excluding hydrogens is 348 g/mol. The molecule has 1 N–H and O–H groups in total. The molecule has 5 heteroatoms. The van der Waals surface area contributed by atoms with Gasteiger partial charge in [-0.1, -0.05) is 37.6 Å². The standard InChI is InChI=1S/C21H25ClN2O2/c1-13(2)21-23-18-7-5-6-8-19(18)24(21)11-16(25)12-26-17-9-14(3)20(22)15(4)10-17/h5-10,13,16,25H,11-12H2,1-4H3/t16-/m0/s1. The number of rotatable bonds is 6. The summed E-state index contributed by atoms with van der Waals surface area (Å²) >= 11 is 6.19. The van der Waals surface area contributed by atoms with Gasteiger partial charge in [0.05, 0.1) is 17.6 Å². The summed E-state index contributed by atoms with van der Waals surface area (Å²) in [5, 5.41) is 11.3. The van der Waals surface area contributed by atoms with Crippen molar-refractivity contribution in [3.05, 3.63) is 58.4 Å². The Balaban J connectivity index is 1.75. The van der Waals surface area contributed by atoms with Gasteiger partial charge in [-0.15, -0.1) is 0 Å². The molecular formula is C21H25ClN2O2. The van der Waals surface area contributed by atoms with E-state index >= 15 is 0 Å². The van der Waals surface area contributed by atoms with E-state index in [0.29, 0.717) is 6.54 Å². The first-order chi connectivity index (χ1) is 12.4. The van der Waals surface area contributed by atoms with Gasteiger partial charge in [-0.05, 0) is 49.2 Å². The molecule has 0 aliphatic heterocycles. The van der Waals surface area contributed by atoms with E-state index in [9.17, 15) is 5.11 Å². The zero-order chi connectivity index (χ0) is 18.8. The molecule has 4 nitrogen and oxygen atoms in total. The summed E-state index contributed by atoms with van der Waals surface area (Å²) < 4.78 is 7.89. The number of ether oxygens (including phenoxy) is 1. The lowest BCUT2D eigenvalue weighted by Crippen LogP contribution is -2.25. The second kappa shape index (κ2) is 7.68. The molecule has 138 valence electrons. The first-order valence-electron chi connectivity index (χ1n) is 8.89. The molecule has 3 aromatic rings. The van der Waals surface area contributed by atoms with Gasteiger partial charge in [-0.2, -0.15) is 0 Å². The number of imidazole rings is 1. The smallest absolute Gasteiger partial charge is 0.120 e. The van der Waals surface area contributed by atoms with Crippen LogP contribution in [-0.4, -0.2) is 27.4 Å². The summed E-state index contributed by atoms with van der Waals surface area (Å²) in [4.78, 5) is 4.71. The molecule has 0 radical (unpaired) electrons. The Hall–Kier alpha value is -2.04. The van der Waals surface area contributed by atoms with E-state index in [2.05, 4.69) is 18.4 Å². The SMILES string of the molecule is Cc1cc(OC[C@@H](O)Cn2c(C(C)C)nc3ccccc32)cc(C)c1Cl. The number of aromatic nitrogens is 2. The lowest BCUT2D eigenvalue weighted by Gasteiger charge is -2.17. The third kappa shape index (κ3) is 3.87. The molecule has 0 unspecified atom stereocenters. The van der Waals surface area contributed by atoms with E-state index in [1.165, 1.54) is 0 Å². The molecule has 1 atom stereocenters. The van der Waals surface area contributed by atoms with Gasteiger partial charge in [0.2, 0.25) is 0 Å². The number of benzene rings is 2. The Morgan fingerprint density at radius 3 is 2.46 bits per heavy atom. The van der Waals surface area contributed by atoms with Gasteiger partial charge in [-0.3, -0.25) is 0 Å². The monoisotopic (exact) mass is 372 g/mol. The second-order valence-corrected chi connectivity index (χ2v) is 7.44. The van der Waals surface area contributed by atoms with Crippen LogP contribution < -0.4 is 4.74 Å². The number of nitrogens with zero attached hydrogens (tertiary/aromatic N) is 2. The largest absolute Gasteiger partial charge is 0.491 e. The maximum absolute atomic E-state index is 10.5. The molecule has 0 amide bonds. The van der Waals surface area contributed by atoms with E-state index in [4.69, 9.17) is 21.3 Å². The van der Waals surface area contributed by atoms with Crippen molar-refractivity contribution in [2.24, 2.45) is 0 Å². The lowest BCUT2D eigenvalue weighted by atomic mass is 10.1. The normalized spacial score (nSPS) is 12.7. The van der Waals surface area contributed by atoms with Crippen molar-refractivity contribution >= 4 is 22.6 Å². The highest BCUT2D eigenvalue weighted by Gasteiger charge is 2.17. The first-order valence-corrected chi connectivity index (χ1v) is 9.27. The second-order valence-electron chi connectivity index (χ2n) is 7.06. The minimum absolute atomic E-state index is 0.213. The summed E-state index contributed by atoms with van der Waals surface area (Å²) in [5.74, 6) is 1.98. The number of hydrogen-bond donors (Lipinski definition) is 1. The van der Waals surface area contributed by atoms with Crippen molar-refractivity contribution < 1.29 is 9.84 Å². The molecule has 26 heavy (non-hydrogen) atoms. The highest BCUT2D eigenvalue weighted by molar-refractivity contribution is 6.32. The average molecular weight is 373 g/mol. The van der Waals surface area contributed by atoms with E-state index in [0.717, 1.165) is 38.8 Å². The van der Waals surface area contributed by atoms with Gasteiger partial charge in [0.15, 0.2) is 0 Å². The van der Waals surface area contributed by atoms with Crippen LogP contribution >= 0.6 is 11.6 Å². The number of para-hydroxylation sites is 2. The minimum atomic E-state index is -0.638. The highest BCUT2D eigenvalue weighted by Crippen LogP contribution is 2.26. The van der Waals surface area contributed by atoms with Crippen molar-refractivity contribution in [1.29, 1.82) is 0 Å². The predicted octanol–water partition coefficient (Wildman–Crippen LogP) is 4.87. The number of aliphatic hydroxyl groups is 1. The number of aryl methyl sites for hydroxylation is 2. The number of aliphatic hydroxyl groups excluding tert-OH is 1. The number of fused-ring (bicyclic) bond motifs is 1. The van der Waals surface area contributed by atoms with Crippen molar-refractivity contribution in [2.45, 2.75) is 46.3 Å². The van der Waals surface area contributed by atoms with E-state index in [-0.39, 0.29) is 12.5 Å². The quantitative estimate of drug-likeness (QED) is 0.671.